The van der Waals surface area contributed by atoms with E-state index in [4.69, 9.17) is 9.47 Å². The molecule has 8 nitrogen and oxygen atoms in total. The fraction of sp³-hybridized carbons (Fsp3) is 0.375. The number of carbonyl (C=O) groups excluding carboxylic acids is 1. The zero-order valence-electron chi connectivity index (χ0n) is 18.9. The molecule has 0 unspecified atom stereocenters. The predicted octanol–water partition coefficient (Wildman–Crippen LogP) is 4.25. The van der Waals surface area contributed by atoms with Gasteiger partial charge in [0.15, 0.2) is 0 Å². The first-order valence-electron chi connectivity index (χ1n) is 10.9. The second-order valence-corrected chi connectivity index (χ2v) is 8.77. The van der Waals surface area contributed by atoms with E-state index in [2.05, 4.69) is 27.2 Å². The Morgan fingerprint density at radius 1 is 1.21 bits per heavy atom. The molecular formula is C24H26FN5O3. The van der Waals surface area contributed by atoms with Gasteiger partial charge in [-0.05, 0) is 31.7 Å². The lowest BCUT2D eigenvalue weighted by Crippen LogP contribution is -2.45. The highest BCUT2D eigenvalue weighted by molar-refractivity contribution is 6.00. The molecule has 2 aromatic carbocycles. The summed E-state index contributed by atoms with van der Waals surface area (Å²) in [6.45, 7) is 3.91. The molecule has 0 saturated carbocycles. The van der Waals surface area contributed by atoms with Crippen molar-refractivity contribution >= 4 is 34.2 Å². The van der Waals surface area contributed by atoms with Crippen molar-refractivity contribution in [3.63, 3.8) is 0 Å². The van der Waals surface area contributed by atoms with Gasteiger partial charge in [0.25, 0.3) is 0 Å². The van der Waals surface area contributed by atoms with Crippen LogP contribution in [0, 0.1) is 12.7 Å². The summed E-state index contributed by atoms with van der Waals surface area (Å²) in [5.74, 6) is 0.608. The van der Waals surface area contributed by atoms with Crippen LogP contribution in [0.3, 0.4) is 0 Å². The van der Waals surface area contributed by atoms with Crippen LogP contribution in [-0.4, -0.2) is 60.4 Å². The molecule has 3 heterocycles. The molecule has 1 amide bonds. The third-order valence-corrected chi connectivity index (χ3v) is 6.54. The van der Waals surface area contributed by atoms with E-state index in [1.54, 1.807) is 49.3 Å². The van der Waals surface area contributed by atoms with E-state index in [1.165, 1.54) is 6.33 Å². The number of hydrogen-bond donors (Lipinski definition) is 1. The number of ether oxygens (including phenoxy) is 2. The first-order valence-corrected chi connectivity index (χ1v) is 10.9. The second-order valence-electron chi connectivity index (χ2n) is 8.77. The van der Waals surface area contributed by atoms with Crippen molar-refractivity contribution in [3.05, 3.63) is 48.0 Å². The molecule has 2 fully saturated rings. The number of nitrogens with zero attached hydrogens (tertiary/aromatic N) is 4. The molecule has 1 N–H and O–H groups in total. The summed E-state index contributed by atoms with van der Waals surface area (Å²) in [6.07, 6.45) is 2.58. The van der Waals surface area contributed by atoms with Crippen molar-refractivity contribution in [2.24, 2.45) is 0 Å². The van der Waals surface area contributed by atoms with E-state index in [0.717, 1.165) is 25.9 Å². The van der Waals surface area contributed by atoms with Crippen LogP contribution in [0.2, 0.25) is 0 Å². The van der Waals surface area contributed by atoms with Crippen molar-refractivity contribution in [1.82, 2.24) is 14.9 Å². The lowest BCUT2D eigenvalue weighted by atomic mass is 9.91. The van der Waals surface area contributed by atoms with E-state index in [9.17, 15) is 9.18 Å². The highest BCUT2D eigenvalue weighted by atomic mass is 19.1. The van der Waals surface area contributed by atoms with Crippen LogP contribution in [-0.2, 0) is 4.74 Å². The normalized spacial score (nSPS) is 18.1. The Morgan fingerprint density at radius 3 is 2.76 bits per heavy atom. The number of likely N-dealkylation sites (tertiary alicyclic amines) is 1. The lowest BCUT2D eigenvalue weighted by Gasteiger charge is -2.35. The number of aryl methyl sites for hydroxylation is 1. The Kier molecular flexibility index (Phi) is 5.28. The second kappa shape index (κ2) is 8.15. The largest absolute Gasteiger partial charge is 0.494 e. The van der Waals surface area contributed by atoms with Crippen molar-refractivity contribution in [2.75, 3.05) is 44.0 Å². The molecule has 0 atom stereocenters. The van der Waals surface area contributed by atoms with Gasteiger partial charge in [-0.3, -0.25) is 4.90 Å². The summed E-state index contributed by atoms with van der Waals surface area (Å²) in [6, 6.07) is 8.71. The Morgan fingerprint density at radius 2 is 2.00 bits per heavy atom. The van der Waals surface area contributed by atoms with Crippen LogP contribution in [0.4, 0.5) is 26.4 Å². The summed E-state index contributed by atoms with van der Waals surface area (Å²) in [5.41, 5.74) is 1.54. The van der Waals surface area contributed by atoms with Gasteiger partial charge in [-0.15, -0.1) is 0 Å². The molecule has 1 spiro atoms. The molecule has 33 heavy (non-hydrogen) atoms. The summed E-state index contributed by atoms with van der Waals surface area (Å²) in [5, 5.41) is 3.72. The molecule has 9 heteroatoms. The molecule has 2 aliphatic heterocycles. The SMILES string of the molecule is COc1cc2ncnc(Nc3cccc(C)c3F)c2cc1N1CC2(CCN(C)CC2)OC1=O. The number of anilines is 3. The fourth-order valence-corrected chi connectivity index (χ4v) is 4.51. The average molecular weight is 452 g/mol. The quantitative estimate of drug-likeness (QED) is 0.635. The van der Waals surface area contributed by atoms with Crippen LogP contribution in [0.1, 0.15) is 18.4 Å². The Balaban J connectivity index is 1.55. The van der Waals surface area contributed by atoms with Crippen LogP contribution in [0.15, 0.2) is 36.7 Å². The van der Waals surface area contributed by atoms with E-state index in [-0.39, 0.29) is 5.82 Å². The topological polar surface area (TPSA) is 79.8 Å². The minimum Gasteiger partial charge on any atom is -0.494 e. The van der Waals surface area contributed by atoms with Gasteiger partial charge in [-0.1, -0.05) is 12.1 Å². The maximum Gasteiger partial charge on any atom is 0.415 e. The van der Waals surface area contributed by atoms with E-state index >= 15 is 0 Å². The number of aromatic nitrogens is 2. The van der Waals surface area contributed by atoms with E-state index < -0.39 is 11.7 Å². The number of methoxy groups -OCH3 is 1. The monoisotopic (exact) mass is 451 g/mol. The Labute approximate surface area is 191 Å². The maximum absolute atomic E-state index is 14.6. The zero-order chi connectivity index (χ0) is 23.2. The Hall–Kier alpha value is -3.46. The first kappa shape index (κ1) is 21.4. The number of halogens is 1. The van der Waals surface area contributed by atoms with Crippen LogP contribution in [0.25, 0.3) is 10.9 Å². The predicted molar refractivity (Wildman–Crippen MR) is 124 cm³/mol. The third kappa shape index (κ3) is 3.82. The summed E-state index contributed by atoms with van der Waals surface area (Å²) < 4.78 is 26.1. The molecule has 3 aromatic rings. The highest BCUT2D eigenvalue weighted by Gasteiger charge is 2.47. The fourth-order valence-electron chi connectivity index (χ4n) is 4.51. The number of fused-ring (bicyclic) bond motifs is 1. The Bertz CT molecular complexity index is 1230. The molecule has 2 saturated heterocycles. The van der Waals surface area contributed by atoms with Crippen molar-refractivity contribution in [1.29, 1.82) is 0 Å². The van der Waals surface area contributed by atoms with Gasteiger partial charge < -0.3 is 19.7 Å². The van der Waals surface area contributed by atoms with Crippen LogP contribution >= 0.6 is 0 Å². The number of carbonyl (C=O) groups is 1. The summed E-state index contributed by atoms with van der Waals surface area (Å²) in [4.78, 5) is 25.5. The maximum atomic E-state index is 14.6. The number of rotatable bonds is 4. The molecule has 0 aliphatic carbocycles. The van der Waals surface area contributed by atoms with Gasteiger partial charge in [0.05, 0.1) is 30.5 Å². The molecular weight excluding hydrogens is 425 g/mol. The van der Waals surface area contributed by atoms with Gasteiger partial charge in [0.2, 0.25) is 0 Å². The molecule has 5 rings (SSSR count). The van der Waals surface area contributed by atoms with Crippen molar-refractivity contribution in [3.8, 4) is 5.75 Å². The molecule has 1 aromatic heterocycles. The average Bonchev–Trinajstić information content (AvgIpc) is 3.14. The van der Waals surface area contributed by atoms with E-state index in [1.807, 2.05) is 0 Å². The number of benzene rings is 2. The minimum absolute atomic E-state index is 0.318. The number of hydrogen-bond acceptors (Lipinski definition) is 7. The minimum atomic E-state index is -0.497. The third-order valence-electron chi connectivity index (χ3n) is 6.54. The summed E-state index contributed by atoms with van der Waals surface area (Å²) >= 11 is 0. The van der Waals surface area contributed by atoms with Crippen molar-refractivity contribution < 1.29 is 18.7 Å². The summed E-state index contributed by atoms with van der Waals surface area (Å²) in [7, 11) is 3.62. The first-order chi connectivity index (χ1) is 15.9. The van der Waals surface area contributed by atoms with Gasteiger partial charge in [0.1, 0.15) is 29.3 Å². The van der Waals surface area contributed by atoms with Crippen LogP contribution in [0.5, 0.6) is 5.75 Å². The smallest absolute Gasteiger partial charge is 0.415 e. The molecule has 0 bridgehead atoms. The molecule has 2 aliphatic rings. The molecule has 0 radical (unpaired) electrons. The van der Waals surface area contributed by atoms with Crippen LogP contribution < -0.4 is 15.0 Å². The number of nitrogens with one attached hydrogen (secondary N) is 1. The van der Waals surface area contributed by atoms with Crippen molar-refractivity contribution in [2.45, 2.75) is 25.4 Å². The van der Waals surface area contributed by atoms with Gasteiger partial charge in [-0.2, -0.15) is 0 Å². The standard InChI is InChI=1S/C24H26FN5O3/c1-15-5-4-6-17(21(15)25)28-22-16-11-19(20(32-3)12-18(16)26-14-27-22)30-13-24(33-23(30)31)7-9-29(2)10-8-24/h4-6,11-12,14H,7-10,13H2,1-3H3,(H,26,27,28). The molecule has 172 valence electrons. The van der Waals surface area contributed by atoms with Gasteiger partial charge >= 0.3 is 6.09 Å². The zero-order valence-corrected chi connectivity index (χ0v) is 18.9. The van der Waals surface area contributed by atoms with Gasteiger partial charge in [-0.25, -0.2) is 19.2 Å². The number of piperidine rings is 1. The number of amides is 1. The van der Waals surface area contributed by atoms with Gasteiger partial charge in [0, 0.05) is 37.4 Å². The highest BCUT2D eigenvalue weighted by Crippen LogP contribution is 2.41. The van der Waals surface area contributed by atoms with E-state index in [0.29, 0.717) is 46.0 Å². The lowest BCUT2D eigenvalue weighted by molar-refractivity contribution is 0.00678.